The van der Waals surface area contributed by atoms with E-state index in [1.165, 1.54) is 17.0 Å². The molecule has 21 heavy (non-hydrogen) atoms. The van der Waals surface area contributed by atoms with Crippen LogP contribution < -0.4 is 4.90 Å². The van der Waals surface area contributed by atoms with E-state index in [1.54, 1.807) is 19.2 Å². The molecule has 0 heterocycles. The van der Waals surface area contributed by atoms with E-state index in [9.17, 15) is 9.59 Å². The first-order chi connectivity index (χ1) is 9.99. The molecule has 0 radical (unpaired) electrons. The zero-order valence-electron chi connectivity index (χ0n) is 12.3. The molecular weight excluding hydrogens is 274 g/mol. The van der Waals surface area contributed by atoms with Crippen molar-refractivity contribution in [3.8, 4) is 0 Å². The molecule has 116 valence electrons. The number of hydrogen-bond acceptors (Lipinski definition) is 4. The highest BCUT2D eigenvalue weighted by Crippen LogP contribution is 2.17. The Bertz CT molecular complexity index is 471. The van der Waals surface area contributed by atoms with E-state index in [-0.39, 0.29) is 30.7 Å². The fourth-order valence-electron chi connectivity index (χ4n) is 1.86. The van der Waals surface area contributed by atoms with Crippen molar-refractivity contribution in [2.24, 2.45) is 0 Å². The van der Waals surface area contributed by atoms with E-state index >= 15 is 0 Å². The monoisotopic (exact) mass is 295 g/mol. The highest BCUT2D eigenvalue weighted by molar-refractivity contribution is 5.94. The maximum atomic E-state index is 12.2. The number of methoxy groups -OCH3 is 1. The van der Waals surface area contributed by atoms with Crippen LogP contribution in [0.1, 0.15) is 30.1 Å². The molecule has 1 aromatic rings. The lowest BCUT2D eigenvalue weighted by Crippen LogP contribution is -2.34. The number of aromatic carboxylic acids is 1. The van der Waals surface area contributed by atoms with Gasteiger partial charge in [-0.05, 0) is 37.6 Å². The van der Waals surface area contributed by atoms with Gasteiger partial charge in [-0.1, -0.05) is 0 Å². The van der Waals surface area contributed by atoms with Crippen molar-refractivity contribution >= 4 is 17.6 Å². The summed E-state index contributed by atoms with van der Waals surface area (Å²) >= 11 is 0. The van der Waals surface area contributed by atoms with Crippen LogP contribution in [0.4, 0.5) is 5.69 Å². The number of aliphatic hydroxyl groups excluding tert-OH is 1. The second kappa shape index (κ2) is 8.39. The summed E-state index contributed by atoms with van der Waals surface area (Å²) < 4.78 is 5.10. The predicted octanol–water partition coefficient (Wildman–Crippen LogP) is 1.53. The largest absolute Gasteiger partial charge is 0.478 e. The first-order valence-corrected chi connectivity index (χ1v) is 6.77. The zero-order valence-corrected chi connectivity index (χ0v) is 12.3. The molecule has 1 amide bonds. The predicted molar refractivity (Wildman–Crippen MR) is 78.5 cm³/mol. The lowest BCUT2D eigenvalue weighted by atomic mass is 10.1. The third-order valence-electron chi connectivity index (χ3n) is 3.22. The van der Waals surface area contributed by atoms with Gasteiger partial charge in [0.25, 0.3) is 0 Å². The summed E-state index contributed by atoms with van der Waals surface area (Å²) in [6.07, 6.45) is 0.875. The Kier molecular flexibility index (Phi) is 6.84. The number of benzene rings is 1. The Balaban J connectivity index is 2.80. The molecule has 1 rings (SSSR count). The van der Waals surface area contributed by atoms with E-state index in [0.29, 0.717) is 18.5 Å². The minimum atomic E-state index is -1.02. The van der Waals surface area contributed by atoms with Gasteiger partial charge in [-0.3, -0.25) is 4.79 Å². The maximum absolute atomic E-state index is 12.2. The van der Waals surface area contributed by atoms with Gasteiger partial charge in [0.15, 0.2) is 0 Å². The summed E-state index contributed by atoms with van der Waals surface area (Å²) in [7, 11) is 1.59. The average Bonchev–Trinajstić information content (AvgIpc) is 2.50. The van der Waals surface area contributed by atoms with Crippen molar-refractivity contribution in [1.82, 2.24) is 0 Å². The Labute approximate surface area is 124 Å². The van der Waals surface area contributed by atoms with E-state index < -0.39 is 5.97 Å². The Morgan fingerprint density at radius 3 is 2.38 bits per heavy atom. The molecule has 1 aromatic carbocycles. The first kappa shape index (κ1) is 17.1. The van der Waals surface area contributed by atoms with Gasteiger partial charge in [-0.2, -0.15) is 0 Å². The smallest absolute Gasteiger partial charge is 0.335 e. The minimum Gasteiger partial charge on any atom is -0.478 e. The molecule has 0 aliphatic rings. The van der Waals surface area contributed by atoms with Crippen molar-refractivity contribution < 1.29 is 24.5 Å². The number of ether oxygens (including phenoxy) is 1. The molecule has 0 aromatic heterocycles. The van der Waals surface area contributed by atoms with Crippen molar-refractivity contribution in [3.05, 3.63) is 29.8 Å². The number of amides is 1. The quantitative estimate of drug-likeness (QED) is 0.759. The molecule has 0 spiro atoms. The highest BCUT2D eigenvalue weighted by atomic mass is 16.5. The molecule has 6 nitrogen and oxygen atoms in total. The molecule has 0 saturated heterocycles. The summed E-state index contributed by atoms with van der Waals surface area (Å²) in [6.45, 7) is 1.89. The lowest BCUT2D eigenvalue weighted by Gasteiger charge is -2.22. The second-order valence-corrected chi connectivity index (χ2v) is 4.71. The van der Waals surface area contributed by atoms with E-state index in [0.717, 1.165) is 0 Å². The second-order valence-electron chi connectivity index (χ2n) is 4.71. The molecule has 0 aliphatic carbocycles. The minimum absolute atomic E-state index is 0.0145. The summed E-state index contributed by atoms with van der Waals surface area (Å²) in [4.78, 5) is 24.5. The Hall–Kier alpha value is -1.92. The van der Waals surface area contributed by atoms with Crippen LogP contribution in [0.3, 0.4) is 0 Å². The van der Waals surface area contributed by atoms with Gasteiger partial charge in [0.2, 0.25) is 5.91 Å². The van der Waals surface area contributed by atoms with Gasteiger partial charge in [0, 0.05) is 25.8 Å². The van der Waals surface area contributed by atoms with Crippen molar-refractivity contribution in [2.45, 2.75) is 25.9 Å². The number of nitrogens with zero attached hydrogens (tertiary/aromatic N) is 1. The normalized spacial score (nSPS) is 12.0. The molecule has 2 N–H and O–H groups in total. The summed E-state index contributed by atoms with van der Waals surface area (Å²) in [5.41, 5.74) is 0.729. The van der Waals surface area contributed by atoms with E-state index in [2.05, 4.69) is 0 Å². The van der Waals surface area contributed by atoms with Crippen molar-refractivity contribution in [2.75, 3.05) is 25.2 Å². The summed E-state index contributed by atoms with van der Waals surface area (Å²) in [6, 6.07) is 6.01. The van der Waals surface area contributed by atoms with Gasteiger partial charge in [0.05, 0.1) is 18.3 Å². The van der Waals surface area contributed by atoms with Gasteiger partial charge >= 0.3 is 5.97 Å². The number of hydrogen-bond donors (Lipinski definition) is 2. The molecule has 1 unspecified atom stereocenters. The van der Waals surface area contributed by atoms with Crippen LogP contribution in [0.15, 0.2) is 24.3 Å². The van der Waals surface area contributed by atoms with Crippen LogP contribution in [0, 0.1) is 0 Å². The maximum Gasteiger partial charge on any atom is 0.335 e. The number of carboxylic acids is 1. The first-order valence-electron chi connectivity index (χ1n) is 6.77. The molecule has 0 bridgehead atoms. The molecular formula is C15H21NO5. The third kappa shape index (κ3) is 5.17. The highest BCUT2D eigenvalue weighted by Gasteiger charge is 2.16. The van der Waals surface area contributed by atoms with Gasteiger partial charge in [0.1, 0.15) is 0 Å². The van der Waals surface area contributed by atoms with Crippen LogP contribution in [0.5, 0.6) is 0 Å². The van der Waals surface area contributed by atoms with Crippen molar-refractivity contribution in [3.63, 3.8) is 0 Å². The van der Waals surface area contributed by atoms with Crippen LogP contribution >= 0.6 is 0 Å². The van der Waals surface area contributed by atoms with E-state index in [1.807, 2.05) is 6.92 Å². The summed E-state index contributed by atoms with van der Waals surface area (Å²) in [5, 5.41) is 18.0. The number of carbonyl (C=O) groups excluding carboxylic acids is 1. The van der Waals surface area contributed by atoms with Gasteiger partial charge in [-0.15, -0.1) is 0 Å². The lowest BCUT2D eigenvalue weighted by molar-refractivity contribution is -0.119. The topological polar surface area (TPSA) is 87.1 Å². The zero-order chi connectivity index (χ0) is 15.8. The fourth-order valence-corrected chi connectivity index (χ4v) is 1.86. The molecule has 0 saturated carbocycles. The SMILES string of the molecule is COC(C)CCC(=O)N(CCO)c1ccc(C(=O)O)cc1. The van der Waals surface area contributed by atoms with Gasteiger partial charge < -0.3 is 19.8 Å². The van der Waals surface area contributed by atoms with Crippen LogP contribution in [-0.4, -0.2) is 48.5 Å². The molecule has 6 heteroatoms. The number of carbonyl (C=O) groups is 2. The van der Waals surface area contributed by atoms with Crippen LogP contribution in [0.25, 0.3) is 0 Å². The number of carboxylic acid groups (broad SMARTS) is 1. The Morgan fingerprint density at radius 2 is 1.90 bits per heavy atom. The van der Waals surface area contributed by atoms with Crippen LogP contribution in [0.2, 0.25) is 0 Å². The van der Waals surface area contributed by atoms with Crippen molar-refractivity contribution in [1.29, 1.82) is 0 Å². The third-order valence-corrected chi connectivity index (χ3v) is 3.22. The fraction of sp³-hybridized carbons (Fsp3) is 0.467. The average molecular weight is 295 g/mol. The number of rotatable bonds is 8. The van der Waals surface area contributed by atoms with E-state index in [4.69, 9.17) is 14.9 Å². The molecule has 0 aliphatic heterocycles. The Morgan fingerprint density at radius 1 is 1.29 bits per heavy atom. The number of aliphatic hydroxyl groups is 1. The standard InChI is InChI=1S/C15H21NO5/c1-11(21-2)3-8-14(18)16(9-10-17)13-6-4-12(5-7-13)15(19)20/h4-7,11,17H,3,8-10H2,1-2H3,(H,19,20). The number of anilines is 1. The molecule has 0 fully saturated rings. The van der Waals surface area contributed by atoms with Gasteiger partial charge in [-0.25, -0.2) is 4.79 Å². The van der Waals surface area contributed by atoms with Crippen LogP contribution in [-0.2, 0) is 9.53 Å². The molecule has 1 atom stereocenters. The summed E-state index contributed by atoms with van der Waals surface area (Å²) in [5.74, 6) is -1.15.